The molecule has 1 aromatic heterocycles. The summed E-state index contributed by atoms with van der Waals surface area (Å²) in [6.07, 6.45) is 1.98. The lowest BCUT2D eigenvalue weighted by molar-refractivity contribution is 0.00355. The van der Waals surface area contributed by atoms with Crippen LogP contribution in [-0.4, -0.2) is 32.4 Å². The zero-order chi connectivity index (χ0) is 14.2. The molecule has 2 N–H and O–H groups in total. The number of nitrogen functional groups attached to an aromatic ring is 1. The Morgan fingerprint density at radius 1 is 1.45 bits per heavy atom. The molecule has 106 valence electrons. The molecule has 1 aliphatic rings. The van der Waals surface area contributed by atoms with Gasteiger partial charge in [-0.15, -0.1) is 5.10 Å². The molecule has 1 fully saturated rings. The summed E-state index contributed by atoms with van der Waals surface area (Å²) < 4.78 is 20.8. The summed E-state index contributed by atoms with van der Waals surface area (Å²) in [6, 6.07) is 4.29. The van der Waals surface area contributed by atoms with E-state index in [2.05, 4.69) is 15.5 Å². The number of ether oxygens (including phenoxy) is 1. The van der Waals surface area contributed by atoms with Gasteiger partial charge in [-0.1, -0.05) is 0 Å². The second-order valence-corrected chi connectivity index (χ2v) is 5.34. The van der Waals surface area contributed by atoms with Gasteiger partial charge in [0.15, 0.2) is 5.82 Å². The highest BCUT2D eigenvalue weighted by Gasteiger charge is 2.31. The van der Waals surface area contributed by atoms with Crippen LogP contribution in [0.3, 0.4) is 0 Å². The Kier molecular flexibility index (Phi) is 3.13. The Balaban J connectivity index is 1.93. The number of halogens is 1. The van der Waals surface area contributed by atoms with Crippen molar-refractivity contribution in [1.82, 2.24) is 20.2 Å². The SMILES string of the molecule is CC1(Cn2nnnc2-c2cc(N)cc(F)c2)CCCO1. The minimum absolute atomic E-state index is 0.275. The van der Waals surface area contributed by atoms with Gasteiger partial charge in [-0.05, 0) is 48.4 Å². The maximum absolute atomic E-state index is 13.4. The maximum atomic E-state index is 13.4. The lowest BCUT2D eigenvalue weighted by Gasteiger charge is -2.23. The highest BCUT2D eigenvalue weighted by atomic mass is 19.1. The number of aromatic nitrogens is 4. The number of hydrogen-bond donors (Lipinski definition) is 1. The molecule has 0 spiro atoms. The highest BCUT2D eigenvalue weighted by Crippen LogP contribution is 2.28. The van der Waals surface area contributed by atoms with Crippen LogP contribution in [0.4, 0.5) is 10.1 Å². The molecule has 1 saturated heterocycles. The number of anilines is 1. The summed E-state index contributed by atoms with van der Waals surface area (Å²) in [7, 11) is 0. The van der Waals surface area contributed by atoms with Crippen molar-refractivity contribution in [3.8, 4) is 11.4 Å². The van der Waals surface area contributed by atoms with Gasteiger partial charge in [0.05, 0.1) is 12.1 Å². The predicted octanol–water partition coefficient (Wildman–Crippen LogP) is 1.63. The van der Waals surface area contributed by atoms with Gasteiger partial charge in [-0.3, -0.25) is 0 Å². The third kappa shape index (κ3) is 2.49. The molecule has 0 radical (unpaired) electrons. The van der Waals surface area contributed by atoms with E-state index in [1.54, 1.807) is 10.7 Å². The first-order valence-electron chi connectivity index (χ1n) is 6.52. The summed E-state index contributed by atoms with van der Waals surface area (Å²) in [6.45, 7) is 3.32. The topological polar surface area (TPSA) is 78.9 Å². The number of nitrogens with zero attached hydrogens (tertiary/aromatic N) is 4. The molecule has 1 aromatic carbocycles. The van der Waals surface area contributed by atoms with E-state index in [0.717, 1.165) is 19.4 Å². The molecular formula is C13H16FN5O. The standard InChI is InChI=1S/C13H16FN5O/c1-13(3-2-4-20-13)8-19-12(16-17-18-19)9-5-10(14)7-11(15)6-9/h5-7H,2-4,8,15H2,1H3. The summed E-state index contributed by atoms with van der Waals surface area (Å²) in [5.41, 5.74) is 6.30. The van der Waals surface area contributed by atoms with Gasteiger partial charge >= 0.3 is 0 Å². The van der Waals surface area contributed by atoms with E-state index in [-0.39, 0.29) is 5.60 Å². The van der Waals surface area contributed by atoms with Crippen LogP contribution < -0.4 is 5.73 Å². The summed E-state index contributed by atoms with van der Waals surface area (Å²) in [5, 5.41) is 11.6. The second-order valence-electron chi connectivity index (χ2n) is 5.34. The first kappa shape index (κ1) is 13.0. The molecule has 3 rings (SSSR count). The van der Waals surface area contributed by atoms with E-state index >= 15 is 0 Å². The third-order valence-electron chi connectivity index (χ3n) is 3.49. The van der Waals surface area contributed by atoms with E-state index in [4.69, 9.17) is 10.5 Å². The number of tetrazole rings is 1. The Bertz CT molecular complexity index is 601. The van der Waals surface area contributed by atoms with Gasteiger partial charge in [0.25, 0.3) is 0 Å². The quantitative estimate of drug-likeness (QED) is 0.863. The molecule has 1 aliphatic heterocycles. The monoisotopic (exact) mass is 277 g/mol. The van der Waals surface area contributed by atoms with Crippen LogP contribution in [-0.2, 0) is 11.3 Å². The van der Waals surface area contributed by atoms with Crippen molar-refractivity contribution in [2.75, 3.05) is 12.3 Å². The minimum Gasteiger partial charge on any atom is -0.399 e. The van der Waals surface area contributed by atoms with Crippen LogP contribution >= 0.6 is 0 Å². The van der Waals surface area contributed by atoms with Crippen molar-refractivity contribution in [1.29, 1.82) is 0 Å². The van der Waals surface area contributed by atoms with E-state index in [0.29, 0.717) is 23.6 Å². The minimum atomic E-state index is -0.405. The maximum Gasteiger partial charge on any atom is 0.182 e. The zero-order valence-corrected chi connectivity index (χ0v) is 11.2. The first-order valence-corrected chi connectivity index (χ1v) is 6.52. The fraction of sp³-hybridized carbons (Fsp3) is 0.462. The lowest BCUT2D eigenvalue weighted by atomic mass is 10.0. The van der Waals surface area contributed by atoms with Gasteiger partial charge < -0.3 is 10.5 Å². The largest absolute Gasteiger partial charge is 0.399 e. The Morgan fingerprint density at radius 2 is 2.30 bits per heavy atom. The lowest BCUT2D eigenvalue weighted by Crippen LogP contribution is -2.30. The molecule has 0 aliphatic carbocycles. The first-order chi connectivity index (χ1) is 9.56. The fourth-order valence-corrected chi connectivity index (χ4v) is 2.54. The van der Waals surface area contributed by atoms with Crippen LogP contribution in [0.5, 0.6) is 0 Å². The van der Waals surface area contributed by atoms with Crippen molar-refractivity contribution in [2.24, 2.45) is 0 Å². The molecule has 0 bridgehead atoms. The molecule has 2 aromatic rings. The number of hydrogen-bond acceptors (Lipinski definition) is 5. The van der Waals surface area contributed by atoms with Gasteiger partial charge in [0.2, 0.25) is 0 Å². The molecule has 2 heterocycles. The molecule has 1 unspecified atom stereocenters. The predicted molar refractivity (Wildman–Crippen MR) is 71.2 cm³/mol. The zero-order valence-electron chi connectivity index (χ0n) is 11.2. The summed E-state index contributed by atoms with van der Waals surface area (Å²) in [5.74, 6) is 0.0887. The number of benzene rings is 1. The van der Waals surface area contributed by atoms with Crippen LogP contribution in [0.2, 0.25) is 0 Å². The number of rotatable bonds is 3. The average molecular weight is 277 g/mol. The third-order valence-corrected chi connectivity index (χ3v) is 3.49. The summed E-state index contributed by atoms with van der Waals surface area (Å²) in [4.78, 5) is 0. The second kappa shape index (κ2) is 4.82. The van der Waals surface area contributed by atoms with E-state index < -0.39 is 5.82 Å². The molecule has 1 atom stereocenters. The Morgan fingerprint density at radius 3 is 3.00 bits per heavy atom. The Hall–Kier alpha value is -2.02. The van der Waals surface area contributed by atoms with E-state index in [1.165, 1.54) is 12.1 Å². The summed E-state index contributed by atoms with van der Waals surface area (Å²) >= 11 is 0. The van der Waals surface area contributed by atoms with Crippen molar-refractivity contribution in [2.45, 2.75) is 31.9 Å². The van der Waals surface area contributed by atoms with Gasteiger partial charge in [0, 0.05) is 17.9 Å². The van der Waals surface area contributed by atoms with Crippen LogP contribution in [0.1, 0.15) is 19.8 Å². The van der Waals surface area contributed by atoms with Crippen molar-refractivity contribution in [3.05, 3.63) is 24.0 Å². The molecule has 0 amide bonds. The highest BCUT2D eigenvalue weighted by molar-refractivity contribution is 5.61. The van der Waals surface area contributed by atoms with E-state index in [9.17, 15) is 4.39 Å². The average Bonchev–Trinajstić information content (AvgIpc) is 2.98. The van der Waals surface area contributed by atoms with Gasteiger partial charge in [-0.25, -0.2) is 9.07 Å². The van der Waals surface area contributed by atoms with Crippen LogP contribution in [0.15, 0.2) is 18.2 Å². The van der Waals surface area contributed by atoms with E-state index in [1.807, 2.05) is 6.92 Å². The fourth-order valence-electron chi connectivity index (χ4n) is 2.54. The Labute approximate surface area is 115 Å². The smallest absolute Gasteiger partial charge is 0.182 e. The normalized spacial score (nSPS) is 22.3. The molecular weight excluding hydrogens is 261 g/mol. The van der Waals surface area contributed by atoms with Gasteiger partial charge in [-0.2, -0.15) is 0 Å². The van der Waals surface area contributed by atoms with Gasteiger partial charge in [0.1, 0.15) is 5.82 Å². The molecule has 20 heavy (non-hydrogen) atoms. The van der Waals surface area contributed by atoms with Crippen molar-refractivity contribution >= 4 is 5.69 Å². The van der Waals surface area contributed by atoms with Crippen molar-refractivity contribution in [3.63, 3.8) is 0 Å². The molecule has 7 heteroatoms. The molecule has 0 saturated carbocycles. The van der Waals surface area contributed by atoms with Crippen LogP contribution in [0.25, 0.3) is 11.4 Å². The van der Waals surface area contributed by atoms with Crippen molar-refractivity contribution < 1.29 is 9.13 Å². The van der Waals surface area contributed by atoms with Crippen LogP contribution in [0, 0.1) is 5.82 Å². The molecule has 6 nitrogen and oxygen atoms in total. The number of nitrogens with two attached hydrogens (primary N) is 1.